The molecule has 1 aromatic carbocycles. The minimum atomic E-state index is 0.514. The van der Waals surface area contributed by atoms with Gasteiger partial charge in [-0.05, 0) is 31.2 Å². The smallest absolute Gasteiger partial charge is 0.124 e. The lowest BCUT2D eigenvalue weighted by atomic mass is 9.99. The molecule has 2 heterocycles. The Morgan fingerprint density at radius 1 is 1.27 bits per heavy atom. The van der Waals surface area contributed by atoms with E-state index in [4.69, 9.17) is 0 Å². The molecule has 116 valence electrons. The van der Waals surface area contributed by atoms with E-state index in [0.29, 0.717) is 12.0 Å². The van der Waals surface area contributed by atoms with Gasteiger partial charge in [-0.25, -0.2) is 4.68 Å². The summed E-state index contributed by atoms with van der Waals surface area (Å²) in [6, 6.07) is 11.6. The first kappa shape index (κ1) is 13.8. The number of benzene rings is 1. The van der Waals surface area contributed by atoms with Gasteiger partial charge in [-0.15, -0.1) is 0 Å². The van der Waals surface area contributed by atoms with Crippen molar-refractivity contribution in [3.63, 3.8) is 0 Å². The maximum absolute atomic E-state index is 4.38. The molecule has 4 rings (SSSR count). The highest BCUT2D eigenvalue weighted by molar-refractivity contribution is 5.35. The number of aryl methyl sites for hydroxylation is 1. The maximum atomic E-state index is 4.38. The number of hydrogen-bond acceptors (Lipinski definition) is 3. The van der Waals surface area contributed by atoms with Crippen molar-refractivity contribution in [1.29, 1.82) is 0 Å². The minimum Gasteiger partial charge on any atom is -0.370 e. The van der Waals surface area contributed by atoms with Gasteiger partial charge in [0.25, 0.3) is 0 Å². The minimum absolute atomic E-state index is 0.514. The van der Waals surface area contributed by atoms with E-state index in [1.807, 2.05) is 12.3 Å². The van der Waals surface area contributed by atoms with Gasteiger partial charge in [-0.3, -0.25) is 0 Å². The van der Waals surface area contributed by atoms with Crippen LogP contribution in [0.15, 0.2) is 36.5 Å². The second-order valence-corrected chi connectivity index (χ2v) is 6.78. The van der Waals surface area contributed by atoms with Crippen LogP contribution < -0.4 is 10.6 Å². The van der Waals surface area contributed by atoms with Crippen LogP contribution in [0.3, 0.4) is 0 Å². The average molecular weight is 296 g/mol. The predicted molar refractivity (Wildman–Crippen MR) is 88.9 cm³/mol. The molecule has 0 radical (unpaired) electrons. The van der Waals surface area contributed by atoms with Gasteiger partial charge in [-0.2, -0.15) is 5.10 Å². The fourth-order valence-electron chi connectivity index (χ4n) is 3.38. The van der Waals surface area contributed by atoms with Crippen molar-refractivity contribution in [2.45, 2.75) is 32.4 Å². The summed E-state index contributed by atoms with van der Waals surface area (Å²) in [6.45, 7) is 5.23. The molecule has 0 saturated heterocycles. The molecule has 0 bridgehead atoms. The van der Waals surface area contributed by atoms with Crippen LogP contribution in [-0.2, 0) is 6.54 Å². The summed E-state index contributed by atoms with van der Waals surface area (Å²) in [6.07, 6.45) is 4.59. The molecule has 0 amide bonds. The lowest BCUT2D eigenvalue weighted by molar-refractivity contribution is 0.358. The van der Waals surface area contributed by atoms with E-state index in [1.54, 1.807) is 0 Å². The Kier molecular flexibility index (Phi) is 3.62. The summed E-state index contributed by atoms with van der Waals surface area (Å²) < 4.78 is 2.08. The Morgan fingerprint density at radius 2 is 2.09 bits per heavy atom. The molecule has 4 heteroatoms. The molecule has 2 atom stereocenters. The number of fused-ring (bicyclic) bond motifs is 1. The number of nitrogens with zero attached hydrogens (tertiary/aromatic N) is 2. The molecule has 4 nitrogen and oxygen atoms in total. The molecule has 2 unspecified atom stereocenters. The topological polar surface area (TPSA) is 41.9 Å². The van der Waals surface area contributed by atoms with Crippen LogP contribution >= 0.6 is 0 Å². The van der Waals surface area contributed by atoms with Gasteiger partial charge in [0.15, 0.2) is 0 Å². The Morgan fingerprint density at radius 3 is 2.86 bits per heavy atom. The number of anilines is 1. The van der Waals surface area contributed by atoms with Gasteiger partial charge < -0.3 is 10.6 Å². The highest BCUT2D eigenvalue weighted by atomic mass is 15.3. The third kappa shape index (κ3) is 2.88. The highest BCUT2D eigenvalue weighted by Gasteiger charge is 2.32. The molecule has 2 aromatic rings. The summed E-state index contributed by atoms with van der Waals surface area (Å²) in [4.78, 5) is 0. The number of nitrogens with one attached hydrogen (secondary N) is 2. The van der Waals surface area contributed by atoms with Crippen LogP contribution in [-0.4, -0.2) is 22.9 Å². The molecule has 22 heavy (non-hydrogen) atoms. The molecule has 0 spiro atoms. The number of hydrogen-bond donors (Lipinski definition) is 2. The zero-order chi connectivity index (χ0) is 14.9. The standard InChI is InChI=1S/C18H24N4/c1-13-2-4-15(5-3-13)18(16-6-7-16)20-11-14-10-19-17-8-9-21-22(17)12-14/h2-5,8-9,14,16,18-20H,6-7,10-12H2,1H3. The molecule has 1 aliphatic heterocycles. The van der Waals surface area contributed by atoms with Crippen LogP contribution in [0.5, 0.6) is 0 Å². The molecular weight excluding hydrogens is 272 g/mol. The largest absolute Gasteiger partial charge is 0.370 e. The summed E-state index contributed by atoms with van der Waals surface area (Å²) >= 11 is 0. The highest BCUT2D eigenvalue weighted by Crippen LogP contribution is 2.41. The SMILES string of the molecule is Cc1ccc(C(NCC2CNc3ccnn3C2)C2CC2)cc1. The van der Waals surface area contributed by atoms with Gasteiger partial charge >= 0.3 is 0 Å². The van der Waals surface area contributed by atoms with Crippen molar-refractivity contribution in [1.82, 2.24) is 15.1 Å². The van der Waals surface area contributed by atoms with E-state index >= 15 is 0 Å². The van der Waals surface area contributed by atoms with Crippen molar-refractivity contribution in [2.75, 3.05) is 18.4 Å². The van der Waals surface area contributed by atoms with E-state index < -0.39 is 0 Å². The first-order chi connectivity index (χ1) is 10.8. The molecular formula is C18H24N4. The van der Waals surface area contributed by atoms with Crippen molar-refractivity contribution < 1.29 is 0 Å². The fraction of sp³-hybridized carbons (Fsp3) is 0.500. The summed E-state index contributed by atoms with van der Waals surface area (Å²) in [7, 11) is 0. The zero-order valence-electron chi connectivity index (χ0n) is 13.1. The quantitative estimate of drug-likeness (QED) is 0.891. The third-order valence-electron chi connectivity index (χ3n) is 4.88. The van der Waals surface area contributed by atoms with Crippen LogP contribution in [0.2, 0.25) is 0 Å². The van der Waals surface area contributed by atoms with Crippen molar-refractivity contribution in [2.24, 2.45) is 11.8 Å². The first-order valence-electron chi connectivity index (χ1n) is 8.35. The maximum Gasteiger partial charge on any atom is 0.124 e. The summed E-state index contributed by atoms with van der Waals surface area (Å²) in [5.41, 5.74) is 2.78. The lowest BCUT2D eigenvalue weighted by Crippen LogP contribution is -2.37. The van der Waals surface area contributed by atoms with Gasteiger partial charge in [0.05, 0.1) is 6.20 Å². The van der Waals surface area contributed by atoms with E-state index in [2.05, 4.69) is 51.6 Å². The Hall–Kier alpha value is -1.81. The molecule has 1 saturated carbocycles. The Labute approximate surface area is 131 Å². The summed E-state index contributed by atoms with van der Waals surface area (Å²) in [5.74, 6) is 2.56. The van der Waals surface area contributed by atoms with Gasteiger partial charge in [0, 0.05) is 37.7 Å². The second-order valence-electron chi connectivity index (χ2n) is 6.78. The van der Waals surface area contributed by atoms with Crippen LogP contribution in [0.25, 0.3) is 0 Å². The van der Waals surface area contributed by atoms with Gasteiger partial charge in [-0.1, -0.05) is 29.8 Å². The van der Waals surface area contributed by atoms with Crippen LogP contribution in [0.4, 0.5) is 5.82 Å². The second kappa shape index (κ2) is 5.76. The molecule has 2 aliphatic rings. The predicted octanol–water partition coefficient (Wildman–Crippen LogP) is 2.97. The van der Waals surface area contributed by atoms with Crippen LogP contribution in [0.1, 0.15) is 30.0 Å². The van der Waals surface area contributed by atoms with E-state index in [9.17, 15) is 0 Å². The van der Waals surface area contributed by atoms with Crippen LogP contribution in [0, 0.1) is 18.8 Å². The van der Waals surface area contributed by atoms with Crippen molar-refractivity contribution in [3.8, 4) is 0 Å². The molecule has 1 aliphatic carbocycles. The van der Waals surface area contributed by atoms with Crippen molar-refractivity contribution >= 4 is 5.82 Å². The summed E-state index contributed by atoms with van der Waals surface area (Å²) in [5, 5.41) is 11.7. The normalized spacial score (nSPS) is 22.0. The number of rotatable bonds is 5. The molecule has 1 aromatic heterocycles. The van der Waals surface area contributed by atoms with Gasteiger partial charge in [0.1, 0.15) is 5.82 Å². The average Bonchev–Trinajstić information content (AvgIpc) is 3.26. The monoisotopic (exact) mass is 296 g/mol. The Balaban J connectivity index is 1.40. The fourth-order valence-corrected chi connectivity index (χ4v) is 3.38. The lowest BCUT2D eigenvalue weighted by Gasteiger charge is -2.28. The number of aromatic nitrogens is 2. The van der Waals surface area contributed by atoms with E-state index in [1.165, 1.54) is 24.0 Å². The zero-order valence-corrected chi connectivity index (χ0v) is 13.1. The van der Waals surface area contributed by atoms with E-state index in [-0.39, 0.29) is 0 Å². The molecule has 1 fully saturated rings. The van der Waals surface area contributed by atoms with Crippen molar-refractivity contribution in [3.05, 3.63) is 47.7 Å². The first-order valence-corrected chi connectivity index (χ1v) is 8.35. The molecule has 2 N–H and O–H groups in total. The third-order valence-corrected chi connectivity index (χ3v) is 4.88. The van der Waals surface area contributed by atoms with Gasteiger partial charge in [0.2, 0.25) is 0 Å². The van der Waals surface area contributed by atoms with E-state index in [0.717, 1.165) is 31.4 Å². The Bertz CT molecular complexity index is 627.